The van der Waals surface area contributed by atoms with E-state index in [1.54, 1.807) is 11.3 Å². The second kappa shape index (κ2) is 5.93. The van der Waals surface area contributed by atoms with Crippen LogP contribution in [0.15, 0.2) is 12.3 Å². The van der Waals surface area contributed by atoms with Crippen molar-refractivity contribution < 1.29 is 0 Å². The van der Waals surface area contributed by atoms with Crippen LogP contribution in [0, 0.1) is 6.92 Å². The maximum absolute atomic E-state index is 4.49. The average molecular weight is 304 g/mol. The first-order valence-corrected chi connectivity index (χ1v) is 8.08. The van der Waals surface area contributed by atoms with Crippen molar-refractivity contribution in [1.82, 2.24) is 20.2 Å². The highest BCUT2D eigenvalue weighted by molar-refractivity contribution is 7.15. The van der Waals surface area contributed by atoms with Gasteiger partial charge in [-0.15, -0.1) is 10.2 Å². The van der Waals surface area contributed by atoms with Gasteiger partial charge in [-0.3, -0.25) is 0 Å². The van der Waals surface area contributed by atoms with Crippen LogP contribution in [0.1, 0.15) is 30.6 Å². The highest BCUT2D eigenvalue weighted by Crippen LogP contribution is 2.26. The first-order chi connectivity index (χ1) is 10.1. The zero-order valence-corrected chi connectivity index (χ0v) is 13.5. The Bertz CT molecular complexity index is 603. The van der Waals surface area contributed by atoms with Crippen molar-refractivity contribution >= 4 is 22.3 Å². The van der Waals surface area contributed by atoms with Gasteiger partial charge in [0.05, 0.1) is 0 Å². The number of anilines is 2. The first-order valence-electron chi connectivity index (χ1n) is 7.26. The molecule has 1 aliphatic rings. The minimum absolute atomic E-state index is 0.446. The van der Waals surface area contributed by atoms with Gasteiger partial charge in [-0.1, -0.05) is 25.2 Å². The number of aromatic nitrogens is 4. The fraction of sp³-hybridized carbons (Fsp3) is 0.571. The molecule has 0 aromatic carbocycles. The molecule has 1 fully saturated rings. The molecule has 0 N–H and O–H groups in total. The van der Waals surface area contributed by atoms with Crippen molar-refractivity contribution in [2.24, 2.45) is 0 Å². The summed E-state index contributed by atoms with van der Waals surface area (Å²) in [6.45, 7) is 10.0. The van der Waals surface area contributed by atoms with Gasteiger partial charge < -0.3 is 9.80 Å². The lowest BCUT2D eigenvalue weighted by atomic mass is 10.2. The third-order valence-electron chi connectivity index (χ3n) is 3.56. The van der Waals surface area contributed by atoms with Gasteiger partial charge in [0.1, 0.15) is 16.6 Å². The van der Waals surface area contributed by atoms with Gasteiger partial charge >= 0.3 is 0 Å². The Morgan fingerprint density at radius 1 is 1.10 bits per heavy atom. The van der Waals surface area contributed by atoms with Crippen LogP contribution in [-0.2, 0) is 0 Å². The minimum Gasteiger partial charge on any atom is -0.353 e. The molecule has 6 nitrogen and oxygen atoms in total. The fourth-order valence-electron chi connectivity index (χ4n) is 2.33. The van der Waals surface area contributed by atoms with E-state index < -0.39 is 0 Å². The Morgan fingerprint density at radius 2 is 1.81 bits per heavy atom. The summed E-state index contributed by atoms with van der Waals surface area (Å²) >= 11 is 1.71. The van der Waals surface area contributed by atoms with Crippen molar-refractivity contribution in [3.8, 4) is 0 Å². The Kier molecular flexibility index (Phi) is 4.01. The van der Waals surface area contributed by atoms with Crippen LogP contribution in [0.2, 0.25) is 0 Å². The van der Waals surface area contributed by atoms with Crippen molar-refractivity contribution in [2.75, 3.05) is 36.0 Å². The van der Waals surface area contributed by atoms with Crippen molar-refractivity contribution in [2.45, 2.75) is 26.7 Å². The standard InChI is InChI=1S/C14H20N6S/c1-10(2)13-17-18-14(21-13)20-8-6-19(7-9-20)12-4-5-15-11(3)16-12/h4-5,10H,6-9H2,1-3H3. The third kappa shape index (κ3) is 3.12. The lowest BCUT2D eigenvalue weighted by Crippen LogP contribution is -2.46. The molecule has 2 aromatic rings. The van der Waals surface area contributed by atoms with Gasteiger partial charge in [0.25, 0.3) is 0 Å². The molecule has 21 heavy (non-hydrogen) atoms. The fourth-order valence-corrected chi connectivity index (χ4v) is 3.23. The number of aryl methyl sites for hydroxylation is 1. The van der Waals surface area contributed by atoms with Crippen LogP contribution in [0.4, 0.5) is 10.9 Å². The van der Waals surface area contributed by atoms with Gasteiger partial charge in [-0.2, -0.15) is 0 Å². The van der Waals surface area contributed by atoms with Crippen LogP contribution in [0.3, 0.4) is 0 Å². The second-order valence-corrected chi connectivity index (χ2v) is 6.50. The summed E-state index contributed by atoms with van der Waals surface area (Å²) in [4.78, 5) is 13.3. The minimum atomic E-state index is 0.446. The summed E-state index contributed by atoms with van der Waals surface area (Å²) in [5.41, 5.74) is 0. The summed E-state index contributed by atoms with van der Waals surface area (Å²) in [6, 6.07) is 1.98. The molecule has 0 unspecified atom stereocenters. The molecule has 3 heterocycles. The van der Waals surface area contributed by atoms with Crippen molar-refractivity contribution in [1.29, 1.82) is 0 Å². The zero-order chi connectivity index (χ0) is 14.8. The molecule has 0 amide bonds. The van der Waals surface area contributed by atoms with Crippen molar-refractivity contribution in [3.05, 3.63) is 23.1 Å². The maximum Gasteiger partial charge on any atom is 0.208 e. The molecule has 2 aromatic heterocycles. The normalized spacial score (nSPS) is 15.8. The molecule has 7 heteroatoms. The summed E-state index contributed by atoms with van der Waals surface area (Å²) in [5.74, 6) is 2.28. The van der Waals surface area contributed by atoms with Crippen LogP contribution < -0.4 is 9.80 Å². The predicted molar refractivity (Wildman–Crippen MR) is 85.2 cm³/mol. The smallest absolute Gasteiger partial charge is 0.208 e. The van der Waals surface area contributed by atoms with Gasteiger partial charge in [-0.05, 0) is 13.0 Å². The van der Waals surface area contributed by atoms with Gasteiger partial charge in [0, 0.05) is 38.3 Å². The lowest BCUT2D eigenvalue weighted by Gasteiger charge is -2.35. The zero-order valence-electron chi connectivity index (χ0n) is 12.7. The van der Waals surface area contributed by atoms with E-state index in [9.17, 15) is 0 Å². The average Bonchev–Trinajstić information content (AvgIpc) is 2.97. The molecule has 0 saturated carbocycles. The molecule has 1 saturated heterocycles. The number of rotatable bonds is 3. The molecule has 112 valence electrons. The van der Waals surface area contributed by atoms with Crippen LogP contribution in [0.5, 0.6) is 0 Å². The van der Waals surface area contributed by atoms with Crippen LogP contribution in [-0.4, -0.2) is 46.3 Å². The Balaban J connectivity index is 1.64. The summed E-state index contributed by atoms with van der Waals surface area (Å²) in [6.07, 6.45) is 1.82. The molecule has 1 aliphatic heterocycles. The molecule has 0 radical (unpaired) electrons. The van der Waals surface area contributed by atoms with E-state index in [1.165, 1.54) is 0 Å². The predicted octanol–water partition coefficient (Wildman–Crippen LogP) is 2.09. The van der Waals surface area contributed by atoms with Gasteiger partial charge in [0.15, 0.2) is 0 Å². The Morgan fingerprint density at radius 3 is 2.43 bits per heavy atom. The molecular formula is C14H20N6S. The Labute approximate surface area is 128 Å². The number of nitrogens with zero attached hydrogens (tertiary/aromatic N) is 6. The van der Waals surface area contributed by atoms with E-state index in [0.29, 0.717) is 5.92 Å². The largest absolute Gasteiger partial charge is 0.353 e. The quantitative estimate of drug-likeness (QED) is 0.865. The van der Waals surface area contributed by atoms with E-state index in [1.807, 2.05) is 19.2 Å². The second-order valence-electron chi connectivity index (χ2n) is 5.51. The van der Waals surface area contributed by atoms with Gasteiger partial charge in [-0.25, -0.2) is 9.97 Å². The molecule has 0 aliphatic carbocycles. The monoisotopic (exact) mass is 304 g/mol. The molecule has 0 spiro atoms. The summed E-state index contributed by atoms with van der Waals surface area (Å²) in [5, 5.41) is 10.7. The lowest BCUT2D eigenvalue weighted by molar-refractivity contribution is 0.641. The van der Waals surface area contributed by atoms with E-state index in [-0.39, 0.29) is 0 Å². The first kappa shape index (κ1) is 14.2. The molecule has 0 bridgehead atoms. The van der Waals surface area contributed by atoms with E-state index >= 15 is 0 Å². The number of piperazine rings is 1. The number of hydrogen-bond acceptors (Lipinski definition) is 7. The number of hydrogen-bond donors (Lipinski definition) is 0. The maximum atomic E-state index is 4.49. The summed E-state index contributed by atoms with van der Waals surface area (Å²) in [7, 11) is 0. The third-order valence-corrected chi connectivity index (χ3v) is 4.84. The topological polar surface area (TPSA) is 58.0 Å². The van der Waals surface area contributed by atoms with E-state index in [2.05, 4.69) is 43.8 Å². The molecular weight excluding hydrogens is 284 g/mol. The summed E-state index contributed by atoms with van der Waals surface area (Å²) < 4.78 is 0. The van der Waals surface area contributed by atoms with Gasteiger partial charge in [0.2, 0.25) is 5.13 Å². The van der Waals surface area contributed by atoms with Crippen LogP contribution >= 0.6 is 11.3 Å². The Hall–Kier alpha value is -1.76. The van der Waals surface area contributed by atoms with Crippen LogP contribution in [0.25, 0.3) is 0 Å². The highest BCUT2D eigenvalue weighted by Gasteiger charge is 2.21. The molecule has 0 atom stereocenters. The highest BCUT2D eigenvalue weighted by atomic mass is 32.1. The molecule has 3 rings (SSSR count). The SMILES string of the molecule is Cc1nccc(N2CCN(c3nnc(C(C)C)s3)CC2)n1. The van der Waals surface area contributed by atoms with E-state index in [4.69, 9.17) is 0 Å². The van der Waals surface area contributed by atoms with Crippen molar-refractivity contribution in [3.63, 3.8) is 0 Å². The van der Waals surface area contributed by atoms with E-state index in [0.717, 1.165) is 48.0 Å².